The fourth-order valence-electron chi connectivity index (χ4n) is 3.23. The number of hydrogen-bond donors (Lipinski definition) is 1. The van der Waals surface area contributed by atoms with Crippen LogP contribution in [0.3, 0.4) is 0 Å². The van der Waals surface area contributed by atoms with Crippen LogP contribution in [0.4, 0.5) is 0 Å². The summed E-state index contributed by atoms with van der Waals surface area (Å²) in [5.41, 5.74) is 0. The lowest BCUT2D eigenvalue weighted by atomic mass is 10.1. The lowest BCUT2D eigenvalue weighted by Crippen LogP contribution is -2.32. The molecule has 1 aliphatic heterocycles. The van der Waals surface area contributed by atoms with Crippen molar-refractivity contribution >= 4 is 5.91 Å². The van der Waals surface area contributed by atoms with Crippen LogP contribution in [-0.2, 0) is 13.1 Å². The van der Waals surface area contributed by atoms with Gasteiger partial charge in [0.1, 0.15) is 11.6 Å². The number of aryl methyl sites for hydroxylation is 1. The van der Waals surface area contributed by atoms with Crippen molar-refractivity contribution < 1.29 is 9.21 Å². The van der Waals surface area contributed by atoms with Gasteiger partial charge in [-0.1, -0.05) is 6.42 Å². The van der Waals surface area contributed by atoms with Gasteiger partial charge in [0.15, 0.2) is 5.76 Å². The molecule has 6 nitrogen and oxygen atoms in total. The van der Waals surface area contributed by atoms with Gasteiger partial charge in [-0.3, -0.25) is 9.69 Å². The Morgan fingerprint density at radius 2 is 2.12 bits per heavy atom. The van der Waals surface area contributed by atoms with Crippen molar-refractivity contribution in [3.63, 3.8) is 0 Å². The Morgan fingerprint density at radius 3 is 2.88 bits per heavy atom. The van der Waals surface area contributed by atoms with Gasteiger partial charge in [0, 0.05) is 18.9 Å². The van der Waals surface area contributed by atoms with Crippen LogP contribution in [0.5, 0.6) is 0 Å². The third kappa shape index (κ3) is 3.70. The summed E-state index contributed by atoms with van der Waals surface area (Å²) >= 11 is 0. The van der Waals surface area contributed by atoms with E-state index in [1.165, 1.54) is 19.3 Å². The van der Waals surface area contributed by atoms with Gasteiger partial charge in [-0.15, -0.1) is 0 Å². The molecular weight excluding hydrogens is 304 g/mol. The first-order chi connectivity index (χ1) is 11.7. The van der Waals surface area contributed by atoms with Crippen molar-refractivity contribution in [2.75, 3.05) is 13.1 Å². The number of rotatable bonds is 6. The average Bonchev–Trinajstić information content (AvgIpc) is 3.29. The summed E-state index contributed by atoms with van der Waals surface area (Å²) in [6.45, 7) is 7.63. The Balaban J connectivity index is 1.59. The molecule has 1 aliphatic rings. The lowest BCUT2D eigenvalue weighted by molar-refractivity contribution is 0.0912. The highest BCUT2D eigenvalue weighted by atomic mass is 16.4. The zero-order valence-corrected chi connectivity index (χ0v) is 14.5. The van der Waals surface area contributed by atoms with E-state index in [0.717, 1.165) is 31.2 Å². The predicted molar refractivity (Wildman–Crippen MR) is 91.6 cm³/mol. The highest BCUT2D eigenvalue weighted by Crippen LogP contribution is 2.25. The molecule has 0 aromatic carbocycles. The lowest BCUT2D eigenvalue weighted by Gasteiger charge is -2.31. The molecule has 3 heterocycles. The van der Waals surface area contributed by atoms with E-state index in [1.54, 1.807) is 12.3 Å². The molecule has 0 saturated carbocycles. The number of likely N-dealkylation sites (tertiary alicyclic amines) is 1. The minimum Gasteiger partial charge on any atom is -0.454 e. The van der Waals surface area contributed by atoms with E-state index >= 15 is 0 Å². The molecule has 1 saturated heterocycles. The monoisotopic (exact) mass is 330 g/mol. The van der Waals surface area contributed by atoms with Crippen LogP contribution < -0.4 is 5.32 Å². The van der Waals surface area contributed by atoms with Crippen molar-refractivity contribution in [1.82, 2.24) is 19.8 Å². The molecule has 1 fully saturated rings. The molecule has 0 bridgehead atoms. The van der Waals surface area contributed by atoms with Crippen LogP contribution in [0.25, 0.3) is 0 Å². The first-order valence-corrected chi connectivity index (χ1v) is 8.81. The Labute approximate surface area is 142 Å². The molecule has 130 valence electrons. The summed E-state index contributed by atoms with van der Waals surface area (Å²) in [5.74, 6) is 1.87. The van der Waals surface area contributed by atoms with Crippen LogP contribution in [0.2, 0.25) is 0 Å². The number of carbonyl (C=O) groups is 1. The Hall–Kier alpha value is -2.08. The third-order valence-electron chi connectivity index (χ3n) is 4.75. The number of amides is 1. The molecule has 0 spiro atoms. The molecule has 1 amide bonds. The second kappa shape index (κ2) is 7.66. The second-order valence-corrected chi connectivity index (χ2v) is 6.29. The molecule has 0 unspecified atom stereocenters. The maximum absolute atomic E-state index is 12.3. The molecule has 6 heteroatoms. The SMILES string of the molecule is CCn1ccnc1CNC(=O)c1ccc([C@@H](C)N2CCCCC2)o1. The zero-order valence-electron chi connectivity index (χ0n) is 14.5. The molecule has 1 atom stereocenters. The number of piperidine rings is 1. The maximum Gasteiger partial charge on any atom is 0.287 e. The largest absolute Gasteiger partial charge is 0.454 e. The summed E-state index contributed by atoms with van der Waals surface area (Å²) in [6, 6.07) is 3.89. The van der Waals surface area contributed by atoms with Gasteiger partial charge in [-0.2, -0.15) is 0 Å². The van der Waals surface area contributed by atoms with E-state index < -0.39 is 0 Å². The van der Waals surface area contributed by atoms with Gasteiger partial charge < -0.3 is 14.3 Å². The average molecular weight is 330 g/mol. The first-order valence-electron chi connectivity index (χ1n) is 8.81. The van der Waals surface area contributed by atoms with E-state index in [9.17, 15) is 4.79 Å². The summed E-state index contributed by atoms with van der Waals surface area (Å²) < 4.78 is 7.81. The number of hydrogen-bond acceptors (Lipinski definition) is 4. The van der Waals surface area contributed by atoms with Gasteiger partial charge in [0.2, 0.25) is 0 Å². The van der Waals surface area contributed by atoms with Crippen LogP contribution in [-0.4, -0.2) is 33.4 Å². The highest BCUT2D eigenvalue weighted by Gasteiger charge is 2.22. The van der Waals surface area contributed by atoms with E-state index in [-0.39, 0.29) is 11.9 Å². The third-order valence-corrected chi connectivity index (χ3v) is 4.75. The zero-order chi connectivity index (χ0) is 16.9. The Bertz CT molecular complexity index is 670. The standard InChI is InChI=1S/C18H26N4O2/c1-3-21-12-9-19-17(21)13-20-18(23)16-8-7-15(24-16)14(2)22-10-5-4-6-11-22/h7-9,12,14H,3-6,10-11,13H2,1-2H3,(H,20,23)/t14-/m1/s1. The number of carbonyl (C=O) groups excluding carboxylic acids is 1. The van der Waals surface area contributed by atoms with Gasteiger partial charge in [-0.25, -0.2) is 4.98 Å². The fourth-order valence-corrected chi connectivity index (χ4v) is 3.23. The summed E-state index contributed by atoms with van der Waals surface area (Å²) in [7, 11) is 0. The smallest absolute Gasteiger partial charge is 0.287 e. The van der Waals surface area contributed by atoms with E-state index in [0.29, 0.717) is 12.3 Å². The molecule has 2 aromatic rings. The van der Waals surface area contributed by atoms with E-state index in [4.69, 9.17) is 4.42 Å². The van der Waals surface area contributed by atoms with Gasteiger partial charge in [0.25, 0.3) is 5.91 Å². The molecule has 0 aliphatic carbocycles. The predicted octanol–water partition coefficient (Wildman–Crippen LogP) is 2.97. The number of imidazole rings is 1. The summed E-state index contributed by atoms with van der Waals surface area (Å²) in [4.78, 5) is 19.0. The van der Waals surface area contributed by atoms with Crippen LogP contribution in [0.15, 0.2) is 28.9 Å². The summed E-state index contributed by atoms with van der Waals surface area (Å²) in [5, 5.41) is 2.88. The van der Waals surface area contributed by atoms with Gasteiger partial charge >= 0.3 is 0 Å². The van der Waals surface area contributed by atoms with Crippen molar-refractivity contribution in [2.24, 2.45) is 0 Å². The molecule has 3 rings (SSSR count). The van der Waals surface area contributed by atoms with Gasteiger partial charge in [-0.05, 0) is 51.9 Å². The maximum atomic E-state index is 12.3. The minimum atomic E-state index is -0.197. The van der Waals surface area contributed by atoms with Crippen molar-refractivity contribution in [2.45, 2.75) is 52.2 Å². The normalized spacial score (nSPS) is 16.9. The van der Waals surface area contributed by atoms with Crippen molar-refractivity contribution in [1.29, 1.82) is 0 Å². The number of furan rings is 1. The topological polar surface area (TPSA) is 63.3 Å². The van der Waals surface area contributed by atoms with E-state index in [2.05, 4.69) is 22.1 Å². The number of nitrogens with zero attached hydrogens (tertiary/aromatic N) is 3. The van der Waals surface area contributed by atoms with Crippen molar-refractivity contribution in [3.05, 3.63) is 41.9 Å². The number of aromatic nitrogens is 2. The highest BCUT2D eigenvalue weighted by molar-refractivity contribution is 5.91. The second-order valence-electron chi connectivity index (χ2n) is 6.29. The van der Waals surface area contributed by atoms with Crippen molar-refractivity contribution in [3.8, 4) is 0 Å². The van der Waals surface area contributed by atoms with Gasteiger partial charge in [0.05, 0.1) is 12.6 Å². The van der Waals surface area contributed by atoms with Crippen LogP contribution in [0.1, 0.15) is 61.3 Å². The van der Waals surface area contributed by atoms with E-state index in [1.807, 2.05) is 23.8 Å². The Kier molecular flexibility index (Phi) is 5.35. The fraction of sp³-hybridized carbons (Fsp3) is 0.556. The molecule has 1 N–H and O–H groups in total. The quantitative estimate of drug-likeness (QED) is 0.884. The minimum absolute atomic E-state index is 0.197. The molecule has 0 radical (unpaired) electrons. The van der Waals surface area contributed by atoms with Crippen LogP contribution >= 0.6 is 0 Å². The Morgan fingerprint density at radius 1 is 1.33 bits per heavy atom. The first kappa shape index (κ1) is 16.8. The van der Waals surface area contributed by atoms with Crippen LogP contribution in [0, 0.1) is 0 Å². The molecule has 2 aromatic heterocycles. The summed E-state index contributed by atoms with van der Waals surface area (Å²) in [6.07, 6.45) is 7.44. The molecular formula is C18H26N4O2. The molecule has 24 heavy (non-hydrogen) atoms. The number of nitrogens with one attached hydrogen (secondary N) is 1.